The average molecular weight is 719 g/mol. The van der Waals surface area contributed by atoms with E-state index in [1.54, 1.807) is 0 Å². The number of hydrogen-bond acceptors (Lipinski definition) is 5. The second-order valence-corrected chi connectivity index (χ2v) is 13.7. The zero-order valence-electron chi connectivity index (χ0n) is 30.3. The number of anilines is 3. The van der Waals surface area contributed by atoms with Gasteiger partial charge in [0.2, 0.25) is 0 Å². The summed E-state index contributed by atoms with van der Waals surface area (Å²) in [5.41, 5.74) is 12.3. The van der Waals surface area contributed by atoms with Crippen LogP contribution in [-0.2, 0) is 0 Å². The molecule has 5 nitrogen and oxygen atoms in total. The molecule has 0 aliphatic carbocycles. The molecule has 0 radical (unpaired) electrons. The van der Waals surface area contributed by atoms with E-state index in [4.69, 9.17) is 19.4 Å². The molecule has 0 saturated carbocycles. The maximum Gasteiger partial charge on any atom is 0.164 e. The monoisotopic (exact) mass is 718 g/mol. The van der Waals surface area contributed by atoms with E-state index >= 15 is 0 Å². The summed E-state index contributed by atoms with van der Waals surface area (Å²) in [6.07, 6.45) is 0. The van der Waals surface area contributed by atoms with Crippen LogP contribution in [0.4, 0.5) is 17.1 Å². The Kier molecular flexibility index (Phi) is 8.43. The van der Waals surface area contributed by atoms with Gasteiger partial charge in [-0.3, -0.25) is 0 Å². The molecule has 0 fully saturated rings. The molecule has 0 bridgehead atoms. The number of para-hydroxylation sites is 1. The molecular weight excluding hydrogens is 685 g/mol. The van der Waals surface area contributed by atoms with Gasteiger partial charge >= 0.3 is 0 Å². The molecule has 0 aliphatic heterocycles. The summed E-state index contributed by atoms with van der Waals surface area (Å²) in [6.45, 7) is 0. The van der Waals surface area contributed by atoms with Gasteiger partial charge in [-0.15, -0.1) is 0 Å². The zero-order chi connectivity index (χ0) is 37.3. The van der Waals surface area contributed by atoms with Gasteiger partial charge in [-0.2, -0.15) is 0 Å². The van der Waals surface area contributed by atoms with Crippen LogP contribution in [-0.4, -0.2) is 15.0 Å². The highest BCUT2D eigenvalue weighted by Gasteiger charge is 2.17. The molecule has 0 aliphatic rings. The number of furan rings is 1. The Morgan fingerprint density at radius 1 is 0.286 bits per heavy atom. The number of rotatable bonds is 8. The normalized spacial score (nSPS) is 11.2. The van der Waals surface area contributed by atoms with Crippen LogP contribution in [0.15, 0.2) is 211 Å². The van der Waals surface area contributed by atoms with Gasteiger partial charge in [-0.25, -0.2) is 15.0 Å². The van der Waals surface area contributed by atoms with Gasteiger partial charge in [0.25, 0.3) is 0 Å². The molecule has 56 heavy (non-hydrogen) atoms. The van der Waals surface area contributed by atoms with Gasteiger partial charge in [0.1, 0.15) is 11.2 Å². The molecule has 264 valence electrons. The second kappa shape index (κ2) is 14.3. The summed E-state index contributed by atoms with van der Waals surface area (Å²) in [4.78, 5) is 16.9. The Morgan fingerprint density at radius 3 is 1.29 bits per heavy atom. The van der Waals surface area contributed by atoms with E-state index in [1.807, 2.05) is 66.7 Å². The molecule has 0 spiro atoms. The maximum atomic E-state index is 6.48. The lowest BCUT2D eigenvalue weighted by molar-refractivity contribution is 0.669. The maximum absolute atomic E-state index is 6.48. The summed E-state index contributed by atoms with van der Waals surface area (Å²) in [6, 6.07) is 71.1. The van der Waals surface area contributed by atoms with Crippen LogP contribution in [0.1, 0.15) is 0 Å². The van der Waals surface area contributed by atoms with Crippen LogP contribution < -0.4 is 4.90 Å². The molecular formula is C51H34N4O. The number of benzene rings is 8. The molecule has 0 unspecified atom stereocenters. The fraction of sp³-hybridized carbons (Fsp3) is 0. The Bertz CT molecular complexity index is 2870. The topological polar surface area (TPSA) is 55.1 Å². The van der Waals surface area contributed by atoms with Crippen molar-refractivity contribution in [2.75, 3.05) is 4.90 Å². The van der Waals surface area contributed by atoms with Crippen LogP contribution >= 0.6 is 0 Å². The average Bonchev–Trinajstić information content (AvgIpc) is 3.65. The Morgan fingerprint density at radius 2 is 0.696 bits per heavy atom. The third-order valence-electron chi connectivity index (χ3n) is 10.1. The summed E-state index contributed by atoms with van der Waals surface area (Å²) < 4.78 is 6.48. The van der Waals surface area contributed by atoms with Gasteiger partial charge in [0.15, 0.2) is 17.5 Å². The molecule has 2 heterocycles. The fourth-order valence-corrected chi connectivity index (χ4v) is 7.29. The number of aromatic nitrogens is 3. The van der Waals surface area contributed by atoms with Crippen molar-refractivity contribution >= 4 is 39.0 Å². The van der Waals surface area contributed by atoms with Crippen LogP contribution in [0.2, 0.25) is 0 Å². The first-order valence-corrected chi connectivity index (χ1v) is 18.7. The summed E-state index contributed by atoms with van der Waals surface area (Å²) >= 11 is 0. The van der Waals surface area contributed by atoms with E-state index in [2.05, 4.69) is 144 Å². The lowest BCUT2D eigenvalue weighted by Gasteiger charge is -2.25. The van der Waals surface area contributed by atoms with E-state index < -0.39 is 0 Å². The summed E-state index contributed by atoms with van der Waals surface area (Å²) in [5, 5.41) is 2.14. The van der Waals surface area contributed by atoms with Gasteiger partial charge in [0, 0.05) is 44.5 Å². The zero-order valence-corrected chi connectivity index (χ0v) is 30.3. The minimum Gasteiger partial charge on any atom is -0.456 e. The van der Waals surface area contributed by atoms with Crippen molar-refractivity contribution in [3.05, 3.63) is 206 Å². The molecule has 5 heteroatoms. The highest BCUT2D eigenvalue weighted by molar-refractivity contribution is 6.07. The first kappa shape index (κ1) is 33.0. The molecule has 8 aromatic carbocycles. The first-order valence-electron chi connectivity index (χ1n) is 18.7. The van der Waals surface area contributed by atoms with Crippen molar-refractivity contribution < 1.29 is 4.42 Å². The molecule has 0 atom stereocenters. The Hall–Kier alpha value is -7.63. The first-order chi connectivity index (χ1) is 27.7. The second-order valence-electron chi connectivity index (χ2n) is 13.7. The van der Waals surface area contributed by atoms with Crippen molar-refractivity contribution in [1.29, 1.82) is 0 Å². The van der Waals surface area contributed by atoms with Crippen LogP contribution in [0.3, 0.4) is 0 Å². The minimum absolute atomic E-state index is 0.629. The molecule has 10 aromatic rings. The lowest BCUT2D eigenvalue weighted by atomic mass is 10.0. The van der Waals surface area contributed by atoms with E-state index in [-0.39, 0.29) is 0 Å². The number of nitrogens with zero attached hydrogens (tertiary/aromatic N) is 4. The summed E-state index contributed by atoms with van der Waals surface area (Å²) in [7, 11) is 0. The molecule has 0 amide bonds. The number of fused-ring (bicyclic) bond motifs is 3. The minimum atomic E-state index is 0.629. The van der Waals surface area contributed by atoms with E-state index in [9.17, 15) is 0 Å². The van der Waals surface area contributed by atoms with Crippen molar-refractivity contribution in [3.8, 4) is 56.4 Å². The molecule has 0 saturated heterocycles. The van der Waals surface area contributed by atoms with Crippen LogP contribution in [0.25, 0.3) is 78.4 Å². The van der Waals surface area contributed by atoms with Gasteiger partial charge in [-0.05, 0) is 76.9 Å². The standard InChI is InChI=1S/C51H34N4O/c1-5-13-35(14-6-1)36-25-28-43(29-26-36)55(42-19-11-4-12-20-42)44-30-32-47-46(34-44)45-31-27-41(33-48(45)56-47)37-21-23-40(24-22-37)51-53-49(38-15-7-2-8-16-38)52-50(54-51)39-17-9-3-10-18-39/h1-34H. The molecule has 0 N–H and O–H groups in total. The highest BCUT2D eigenvalue weighted by atomic mass is 16.3. The molecule has 2 aromatic heterocycles. The van der Waals surface area contributed by atoms with Gasteiger partial charge < -0.3 is 9.32 Å². The van der Waals surface area contributed by atoms with E-state index in [0.29, 0.717) is 17.5 Å². The SMILES string of the molecule is c1ccc(-c2ccc(N(c3ccccc3)c3ccc4oc5cc(-c6ccc(-c7nc(-c8ccccc8)nc(-c8ccccc8)n7)cc6)ccc5c4c3)cc2)cc1. The van der Waals surface area contributed by atoms with Crippen molar-refractivity contribution in [3.63, 3.8) is 0 Å². The Labute approximate surface area is 324 Å². The smallest absolute Gasteiger partial charge is 0.164 e. The predicted octanol–water partition coefficient (Wildman–Crippen LogP) is 13.6. The van der Waals surface area contributed by atoms with Gasteiger partial charge in [0.05, 0.1) is 0 Å². The molecule has 10 rings (SSSR count). The van der Waals surface area contributed by atoms with Crippen molar-refractivity contribution in [2.24, 2.45) is 0 Å². The summed E-state index contributed by atoms with van der Waals surface area (Å²) in [5.74, 6) is 1.92. The quantitative estimate of drug-likeness (QED) is 0.157. The predicted molar refractivity (Wildman–Crippen MR) is 229 cm³/mol. The third-order valence-corrected chi connectivity index (χ3v) is 10.1. The largest absolute Gasteiger partial charge is 0.456 e. The van der Waals surface area contributed by atoms with Crippen LogP contribution in [0, 0.1) is 0 Å². The van der Waals surface area contributed by atoms with Crippen LogP contribution in [0.5, 0.6) is 0 Å². The lowest BCUT2D eigenvalue weighted by Crippen LogP contribution is -2.09. The Balaban J connectivity index is 0.980. The fourth-order valence-electron chi connectivity index (χ4n) is 7.29. The highest BCUT2D eigenvalue weighted by Crippen LogP contribution is 2.40. The third kappa shape index (κ3) is 6.37. The van der Waals surface area contributed by atoms with Crippen molar-refractivity contribution in [2.45, 2.75) is 0 Å². The number of hydrogen-bond donors (Lipinski definition) is 0. The van der Waals surface area contributed by atoms with E-state index in [1.165, 1.54) is 11.1 Å². The van der Waals surface area contributed by atoms with Crippen molar-refractivity contribution in [1.82, 2.24) is 15.0 Å². The van der Waals surface area contributed by atoms with E-state index in [0.717, 1.165) is 66.8 Å². The van der Waals surface area contributed by atoms with Gasteiger partial charge in [-0.1, -0.05) is 152 Å².